The second kappa shape index (κ2) is 4.28. The van der Waals surface area contributed by atoms with Crippen LogP contribution in [-0.2, 0) is 4.74 Å². The molecule has 0 bridgehead atoms. The normalized spacial score (nSPS) is 22.6. The molecule has 1 fully saturated rings. The topological polar surface area (TPSA) is 18.5 Å². The van der Waals surface area contributed by atoms with Crippen molar-refractivity contribution in [3.05, 3.63) is 36.9 Å². The third kappa shape index (κ3) is 2.46. The highest BCUT2D eigenvalue weighted by Gasteiger charge is 2.16. The number of rotatable bonds is 2. The van der Waals surface area contributed by atoms with Crippen LogP contribution in [0.15, 0.2) is 30.3 Å². The lowest BCUT2D eigenvalue weighted by molar-refractivity contribution is 0.0597. The summed E-state index contributed by atoms with van der Waals surface area (Å²) in [6.07, 6.45) is 2.04. The van der Waals surface area contributed by atoms with Gasteiger partial charge in [-0.1, -0.05) is 18.2 Å². The van der Waals surface area contributed by atoms with Crippen LogP contribution < -0.4 is 4.74 Å². The third-order valence-electron chi connectivity index (χ3n) is 1.95. The van der Waals surface area contributed by atoms with Crippen LogP contribution in [0.1, 0.15) is 12.8 Å². The highest BCUT2D eigenvalue weighted by molar-refractivity contribution is 5.21. The molecule has 1 heterocycles. The predicted octanol–water partition coefficient (Wildman–Crippen LogP) is 2.28. The maximum Gasteiger partial charge on any atom is 0.176 e. The predicted molar refractivity (Wildman–Crippen MR) is 49.3 cm³/mol. The molecule has 68 valence electrons. The van der Waals surface area contributed by atoms with Gasteiger partial charge in [-0.15, -0.1) is 0 Å². The lowest BCUT2D eigenvalue weighted by Gasteiger charge is -2.21. The Labute approximate surface area is 78.5 Å². The second-order valence-corrected chi connectivity index (χ2v) is 3.03. The molecule has 2 rings (SSSR count). The molecule has 0 N–H and O–H groups in total. The van der Waals surface area contributed by atoms with Crippen LogP contribution in [0.2, 0.25) is 0 Å². The molecule has 0 saturated carbocycles. The number of hydrogen-bond donors (Lipinski definition) is 0. The van der Waals surface area contributed by atoms with Crippen molar-refractivity contribution in [2.45, 2.75) is 18.9 Å². The van der Waals surface area contributed by atoms with E-state index in [1.807, 2.05) is 30.3 Å². The van der Waals surface area contributed by atoms with E-state index >= 15 is 0 Å². The molecule has 0 spiro atoms. The molecular formula is C11H12O2. The molecule has 2 radical (unpaired) electrons. The Morgan fingerprint density at radius 1 is 1.31 bits per heavy atom. The molecular weight excluding hydrogens is 164 g/mol. The molecule has 1 saturated heterocycles. The van der Waals surface area contributed by atoms with Crippen LogP contribution in [-0.4, -0.2) is 12.7 Å². The number of hydrogen-bond acceptors (Lipinski definition) is 2. The zero-order valence-electron chi connectivity index (χ0n) is 7.40. The van der Waals surface area contributed by atoms with E-state index in [-0.39, 0.29) is 6.10 Å². The van der Waals surface area contributed by atoms with Crippen LogP contribution in [0.25, 0.3) is 0 Å². The summed E-state index contributed by atoms with van der Waals surface area (Å²) in [4.78, 5) is 0. The lowest BCUT2D eigenvalue weighted by atomic mass is 10.2. The Bertz CT molecular complexity index is 240. The second-order valence-electron chi connectivity index (χ2n) is 3.03. The summed E-state index contributed by atoms with van der Waals surface area (Å²) in [5.41, 5.74) is 0. The summed E-state index contributed by atoms with van der Waals surface area (Å²) in [6.45, 7) is 3.62. The smallest absolute Gasteiger partial charge is 0.176 e. The van der Waals surface area contributed by atoms with Gasteiger partial charge in [-0.05, 0) is 25.0 Å². The van der Waals surface area contributed by atoms with Crippen molar-refractivity contribution in [2.24, 2.45) is 0 Å². The lowest BCUT2D eigenvalue weighted by Crippen LogP contribution is -2.23. The van der Waals surface area contributed by atoms with E-state index in [0.29, 0.717) is 0 Å². The monoisotopic (exact) mass is 176 g/mol. The van der Waals surface area contributed by atoms with Crippen LogP contribution >= 0.6 is 0 Å². The zero-order chi connectivity index (χ0) is 8.93. The zero-order valence-corrected chi connectivity index (χ0v) is 7.40. The Hall–Kier alpha value is -1.02. The van der Waals surface area contributed by atoms with Crippen molar-refractivity contribution in [3.63, 3.8) is 0 Å². The first-order valence-electron chi connectivity index (χ1n) is 4.54. The van der Waals surface area contributed by atoms with Crippen molar-refractivity contribution in [1.29, 1.82) is 0 Å². The molecule has 1 aromatic rings. The van der Waals surface area contributed by atoms with Gasteiger partial charge in [0.05, 0.1) is 0 Å². The Kier molecular flexibility index (Phi) is 2.82. The molecule has 13 heavy (non-hydrogen) atoms. The van der Waals surface area contributed by atoms with Gasteiger partial charge in [0.2, 0.25) is 0 Å². The molecule has 1 aliphatic rings. The summed E-state index contributed by atoms with van der Waals surface area (Å²) in [5.74, 6) is 0.880. The van der Waals surface area contributed by atoms with Gasteiger partial charge >= 0.3 is 0 Å². The van der Waals surface area contributed by atoms with Gasteiger partial charge in [0.1, 0.15) is 11.9 Å². The largest absolute Gasteiger partial charge is 0.487 e. The average Bonchev–Trinajstić information content (AvgIpc) is 2.21. The summed E-state index contributed by atoms with van der Waals surface area (Å²) < 4.78 is 10.7. The van der Waals surface area contributed by atoms with Gasteiger partial charge in [0.15, 0.2) is 6.61 Å². The maximum atomic E-state index is 5.62. The molecule has 0 amide bonds. The summed E-state index contributed by atoms with van der Waals surface area (Å²) in [7, 11) is 0. The molecule has 0 aromatic heterocycles. The summed E-state index contributed by atoms with van der Waals surface area (Å²) >= 11 is 0. The van der Waals surface area contributed by atoms with Gasteiger partial charge in [-0.3, -0.25) is 0 Å². The minimum absolute atomic E-state index is 0.00356. The summed E-state index contributed by atoms with van der Waals surface area (Å²) in [5, 5.41) is 0. The third-order valence-corrected chi connectivity index (χ3v) is 1.95. The van der Waals surface area contributed by atoms with E-state index in [1.165, 1.54) is 0 Å². The van der Waals surface area contributed by atoms with Crippen LogP contribution in [0.5, 0.6) is 5.75 Å². The molecule has 2 heteroatoms. The fraction of sp³-hybridized carbons (Fsp3) is 0.364. The van der Waals surface area contributed by atoms with Gasteiger partial charge in [-0.25, -0.2) is 0 Å². The SMILES string of the molecule is [C]1OCCCC1Oc1ccccc1. The fourth-order valence-electron chi connectivity index (χ4n) is 1.30. The van der Waals surface area contributed by atoms with E-state index in [9.17, 15) is 0 Å². The Morgan fingerprint density at radius 2 is 2.15 bits per heavy atom. The van der Waals surface area contributed by atoms with Gasteiger partial charge in [-0.2, -0.15) is 0 Å². The van der Waals surface area contributed by atoms with Crippen molar-refractivity contribution in [3.8, 4) is 5.75 Å². The van der Waals surface area contributed by atoms with Crippen molar-refractivity contribution >= 4 is 0 Å². The van der Waals surface area contributed by atoms with Gasteiger partial charge < -0.3 is 9.47 Å². The van der Waals surface area contributed by atoms with E-state index < -0.39 is 0 Å². The average molecular weight is 176 g/mol. The van der Waals surface area contributed by atoms with Crippen molar-refractivity contribution < 1.29 is 9.47 Å². The number of benzene rings is 1. The molecule has 1 aromatic carbocycles. The number of ether oxygens (including phenoxy) is 2. The first-order valence-corrected chi connectivity index (χ1v) is 4.54. The highest BCUT2D eigenvalue weighted by Crippen LogP contribution is 2.18. The number of para-hydroxylation sites is 1. The molecule has 1 unspecified atom stereocenters. The van der Waals surface area contributed by atoms with Crippen molar-refractivity contribution in [2.75, 3.05) is 6.61 Å². The van der Waals surface area contributed by atoms with E-state index in [4.69, 9.17) is 9.47 Å². The van der Waals surface area contributed by atoms with Crippen LogP contribution in [0.3, 0.4) is 0 Å². The molecule has 0 aliphatic carbocycles. The fourth-order valence-corrected chi connectivity index (χ4v) is 1.30. The first-order chi connectivity index (χ1) is 6.45. The van der Waals surface area contributed by atoms with Crippen LogP contribution in [0, 0.1) is 6.61 Å². The minimum Gasteiger partial charge on any atom is -0.487 e. The summed E-state index contributed by atoms with van der Waals surface area (Å²) in [6, 6.07) is 9.77. The first kappa shape index (κ1) is 8.57. The highest BCUT2D eigenvalue weighted by atomic mass is 16.5. The molecule has 2 nitrogen and oxygen atoms in total. The van der Waals surface area contributed by atoms with E-state index in [2.05, 4.69) is 6.61 Å². The van der Waals surface area contributed by atoms with Gasteiger partial charge in [0, 0.05) is 6.61 Å². The van der Waals surface area contributed by atoms with Crippen molar-refractivity contribution in [1.82, 2.24) is 0 Å². The van der Waals surface area contributed by atoms with E-state index in [1.54, 1.807) is 0 Å². The standard InChI is InChI=1S/C11H12O2/c1-2-5-10(6-3-1)13-11-7-4-8-12-9-11/h1-3,5-6,11H,4,7-8H2. The van der Waals surface area contributed by atoms with Gasteiger partial charge in [0.25, 0.3) is 0 Å². The Balaban J connectivity index is 1.90. The molecule has 1 atom stereocenters. The Morgan fingerprint density at radius 3 is 2.85 bits per heavy atom. The van der Waals surface area contributed by atoms with E-state index in [0.717, 1.165) is 25.2 Å². The quantitative estimate of drug-likeness (QED) is 0.688. The van der Waals surface area contributed by atoms with Crippen LogP contribution in [0.4, 0.5) is 0 Å². The molecule has 1 aliphatic heterocycles. The maximum absolute atomic E-state index is 5.62. The minimum atomic E-state index is -0.00356.